The number of aliphatic carboxylic acids is 1. The number of carbonyl (C=O) groups is 2. The van der Waals surface area contributed by atoms with Crippen LogP contribution in [-0.2, 0) is 23.9 Å². The van der Waals surface area contributed by atoms with E-state index in [-0.39, 0.29) is 67.7 Å². The Kier molecular flexibility index (Phi) is 24.1. The molecule has 0 radical (unpaired) electrons. The average molecular weight is 398 g/mol. The summed E-state index contributed by atoms with van der Waals surface area (Å²) in [6.45, 7) is 2.19. The number of rotatable bonds is 15. The minimum Gasteiger partial charge on any atom is -1.00 e. The van der Waals surface area contributed by atoms with E-state index in [1.54, 1.807) is 0 Å². The number of carboxylic acids is 1. The summed E-state index contributed by atoms with van der Waals surface area (Å²) in [5.74, 6) is -2.35. The van der Waals surface area contributed by atoms with Crippen LogP contribution >= 0.6 is 0 Å². The van der Waals surface area contributed by atoms with Crippen molar-refractivity contribution in [2.75, 3.05) is 5.75 Å². The van der Waals surface area contributed by atoms with E-state index < -0.39 is 34.9 Å². The Labute approximate surface area is 199 Å². The Morgan fingerprint density at radius 2 is 1.28 bits per heavy atom. The number of carbonyl (C=O) groups excluding carboxylic acids is 1. The van der Waals surface area contributed by atoms with Crippen LogP contribution in [0.3, 0.4) is 0 Å². The molecule has 0 aliphatic heterocycles. The fourth-order valence-corrected chi connectivity index (χ4v) is 3.21. The van der Waals surface area contributed by atoms with Gasteiger partial charge in [-0.25, -0.2) is 0 Å². The molecule has 0 unspecified atom stereocenters. The first kappa shape index (κ1) is 30.6. The predicted molar refractivity (Wildman–Crippen MR) is 90.8 cm³/mol. The van der Waals surface area contributed by atoms with E-state index in [9.17, 15) is 18.0 Å². The van der Waals surface area contributed by atoms with Crippen LogP contribution in [-0.4, -0.2) is 31.2 Å². The standard InChI is InChI=1S/C16H30O6S.2Na.2H/c1-2-3-4-5-6-7-8-9-10-11-14-23(20,21)22-16(19)13-12-15(17)18;;;;/h2-14H2,1H3,(H,17,18);;;;/q;2*+1;2*-1. The Bertz CT molecular complexity index is 450. The van der Waals surface area contributed by atoms with Gasteiger partial charge in [0.1, 0.15) is 0 Å². The number of hydrogen-bond donors (Lipinski definition) is 1. The summed E-state index contributed by atoms with van der Waals surface area (Å²) >= 11 is 0. The topological polar surface area (TPSA) is 97.7 Å². The van der Waals surface area contributed by atoms with Gasteiger partial charge in [0.05, 0.1) is 18.6 Å². The minimum atomic E-state index is -3.88. The second-order valence-electron chi connectivity index (χ2n) is 5.79. The Balaban J connectivity index is -0.000000403. The zero-order valence-corrected chi connectivity index (χ0v) is 20.9. The van der Waals surface area contributed by atoms with Gasteiger partial charge in [-0.15, -0.1) is 0 Å². The summed E-state index contributed by atoms with van der Waals surface area (Å²) in [6, 6.07) is 0. The van der Waals surface area contributed by atoms with Gasteiger partial charge in [0.25, 0.3) is 0 Å². The maximum atomic E-state index is 11.5. The minimum absolute atomic E-state index is 0. The van der Waals surface area contributed by atoms with Gasteiger partial charge in [-0.3, -0.25) is 9.59 Å². The largest absolute Gasteiger partial charge is 1.00 e. The summed E-state index contributed by atoms with van der Waals surface area (Å²) in [5.41, 5.74) is 0. The van der Waals surface area contributed by atoms with Gasteiger partial charge in [-0.1, -0.05) is 64.7 Å². The van der Waals surface area contributed by atoms with Crippen molar-refractivity contribution >= 4 is 22.1 Å². The van der Waals surface area contributed by atoms with E-state index >= 15 is 0 Å². The van der Waals surface area contributed by atoms with Gasteiger partial charge >= 0.3 is 81.2 Å². The van der Waals surface area contributed by atoms with Gasteiger partial charge in [0.15, 0.2) is 0 Å². The molecule has 140 valence electrons. The molecule has 9 heteroatoms. The van der Waals surface area contributed by atoms with Gasteiger partial charge in [0, 0.05) is 0 Å². The maximum Gasteiger partial charge on any atom is 1.00 e. The van der Waals surface area contributed by atoms with Crippen LogP contribution in [0.1, 0.15) is 86.8 Å². The average Bonchev–Trinajstić information content (AvgIpc) is 2.46. The fraction of sp³-hybridized carbons (Fsp3) is 0.875. The van der Waals surface area contributed by atoms with Crippen LogP contribution in [0.2, 0.25) is 0 Å². The van der Waals surface area contributed by atoms with Crippen molar-refractivity contribution in [3.8, 4) is 0 Å². The SMILES string of the molecule is CCCCCCCCCCCCS(=O)(=O)OC(=O)CCC(=O)O.[H-].[H-].[Na+].[Na+]. The third kappa shape index (κ3) is 22.8. The molecule has 0 rings (SSSR count). The smallest absolute Gasteiger partial charge is 1.00 e. The second-order valence-corrected chi connectivity index (χ2v) is 7.48. The van der Waals surface area contributed by atoms with Crippen LogP contribution in [0.4, 0.5) is 0 Å². The molecule has 0 spiro atoms. The molecule has 25 heavy (non-hydrogen) atoms. The van der Waals surface area contributed by atoms with E-state index in [1.807, 2.05) is 0 Å². The number of carboxylic acid groups (broad SMARTS) is 1. The van der Waals surface area contributed by atoms with Crippen molar-refractivity contribution in [3.63, 3.8) is 0 Å². The summed E-state index contributed by atoms with van der Waals surface area (Å²) in [7, 11) is -3.88. The Hall–Kier alpha value is 0.890. The van der Waals surface area contributed by atoms with Crippen LogP contribution in [0.15, 0.2) is 0 Å². The second kappa shape index (κ2) is 19.6. The van der Waals surface area contributed by atoms with E-state index in [1.165, 1.54) is 38.5 Å². The molecule has 0 aromatic rings. The van der Waals surface area contributed by atoms with Gasteiger partial charge < -0.3 is 12.1 Å². The predicted octanol–water partition coefficient (Wildman–Crippen LogP) is -2.12. The molecule has 1 N–H and O–H groups in total. The number of hydrogen-bond acceptors (Lipinski definition) is 5. The first-order chi connectivity index (χ1) is 10.9. The zero-order valence-electron chi connectivity index (χ0n) is 18.1. The zero-order chi connectivity index (χ0) is 17.6. The molecule has 0 aliphatic rings. The summed E-state index contributed by atoms with van der Waals surface area (Å²) in [4.78, 5) is 21.5. The first-order valence-corrected chi connectivity index (χ1v) is 10.1. The molecule has 0 fully saturated rings. The van der Waals surface area contributed by atoms with E-state index in [0.29, 0.717) is 6.42 Å². The van der Waals surface area contributed by atoms with Crippen molar-refractivity contribution in [2.45, 2.75) is 84.0 Å². The van der Waals surface area contributed by atoms with E-state index in [4.69, 9.17) is 5.11 Å². The Morgan fingerprint density at radius 3 is 1.72 bits per heavy atom. The molecule has 0 aromatic carbocycles. The molecule has 0 heterocycles. The first-order valence-electron chi connectivity index (χ1n) is 8.54. The van der Waals surface area contributed by atoms with Gasteiger partial charge in [-0.05, 0) is 6.42 Å². The fourth-order valence-electron chi connectivity index (χ4n) is 2.20. The number of unbranched alkanes of at least 4 members (excludes halogenated alkanes) is 9. The Morgan fingerprint density at radius 1 is 0.840 bits per heavy atom. The summed E-state index contributed by atoms with van der Waals surface area (Å²) in [5, 5.41) is 8.41. The summed E-state index contributed by atoms with van der Waals surface area (Å²) in [6.07, 6.45) is 10.0. The van der Waals surface area contributed by atoms with Gasteiger partial charge in [0.2, 0.25) is 0 Å². The molecule has 0 saturated heterocycles. The molecule has 0 aliphatic carbocycles. The maximum absolute atomic E-state index is 11.5. The molecule has 0 aromatic heterocycles. The van der Waals surface area contributed by atoms with Gasteiger partial charge in [-0.2, -0.15) is 8.42 Å². The molecule has 0 saturated carbocycles. The molecule has 0 atom stereocenters. The van der Waals surface area contributed by atoms with Crippen molar-refractivity contribution in [3.05, 3.63) is 0 Å². The van der Waals surface area contributed by atoms with Crippen LogP contribution in [0, 0.1) is 0 Å². The third-order valence-electron chi connectivity index (χ3n) is 3.51. The molecule has 6 nitrogen and oxygen atoms in total. The summed E-state index contributed by atoms with van der Waals surface area (Å²) < 4.78 is 27.4. The molecular weight excluding hydrogens is 366 g/mol. The van der Waals surface area contributed by atoms with E-state index in [0.717, 1.165) is 19.3 Å². The third-order valence-corrected chi connectivity index (χ3v) is 4.74. The van der Waals surface area contributed by atoms with E-state index in [2.05, 4.69) is 11.1 Å². The normalized spacial score (nSPS) is 10.4. The molecular formula is C16H32Na2O6S. The van der Waals surface area contributed by atoms with Crippen molar-refractivity contribution in [1.82, 2.24) is 0 Å². The van der Waals surface area contributed by atoms with Crippen molar-refractivity contribution in [2.24, 2.45) is 0 Å². The van der Waals surface area contributed by atoms with Crippen molar-refractivity contribution < 1.29 is 89.3 Å². The quantitative estimate of drug-likeness (QED) is 0.192. The van der Waals surface area contributed by atoms with Crippen LogP contribution < -0.4 is 59.1 Å². The molecule has 0 bridgehead atoms. The van der Waals surface area contributed by atoms with Crippen molar-refractivity contribution in [1.29, 1.82) is 0 Å². The van der Waals surface area contributed by atoms with Crippen LogP contribution in [0.5, 0.6) is 0 Å². The molecule has 0 amide bonds. The van der Waals surface area contributed by atoms with Crippen LogP contribution in [0.25, 0.3) is 0 Å². The monoisotopic (exact) mass is 398 g/mol.